The minimum Gasteiger partial charge on any atom is -0.481 e. The van der Waals surface area contributed by atoms with Crippen LogP contribution >= 0.6 is 12.4 Å². The number of ether oxygens (including phenoxy) is 2. The number of carbonyl (C=O) groups excluding carboxylic acids is 1. The van der Waals surface area contributed by atoms with Crippen LogP contribution in [0.15, 0.2) is 54.6 Å². The third kappa shape index (κ3) is 6.46. The third-order valence-corrected chi connectivity index (χ3v) is 5.40. The fourth-order valence-corrected chi connectivity index (χ4v) is 3.67. The summed E-state index contributed by atoms with van der Waals surface area (Å²) in [5.74, 6) is 0.594. The van der Waals surface area contributed by atoms with Crippen molar-refractivity contribution < 1.29 is 14.3 Å². The van der Waals surface area contributed by atoms with E-state index in [1.807, 2.05) is 42.5 Å². The molecule has 2 aromatic carbocycles. The molecule has 1 saturated heterocycles. The molecule has 0 bridgehead atoms. The summed E-state index contributed by atoms with van der Waals surface area (Å²) >= 11 is 0. The van der Waals surface area contributed by atoms with Gasteiger partial charge in [0.2, 0.25) is 0 Å². The highest BCUT2D eigenvalue weighted by molar-refractivity contribution is 5.85. The van der Waals surface area contributed by atoms with Crippen LogP contribution in [0.3, 0.4) is 0 Å². The molecule has 5 nitrogen and oxygen atoms in total. The van der Waals surface area contributed by atoms with Crippen molar-refractivity contribution in [1.29, 1.82) is 0 Å². The Labute approximate surface area is 179 Å². The number of nitrogens with one attached hydrogen (secondary N) is 2. The van der Waals surface area contributed by atoms with E-state index in [1.165, 1.54) is 0 Å². The molecular weight excluding hydrogens is 388 g/mol. The predicted octanol–water partition coefficient (Wildman–Crippen LogP) is 3.68. The molecule has 1 heterocycles. The smallest absolute Gasteiger partial charge is 0.260 e. The second-order valence-electron chi connectivity index (χ2n) is 7.55. The van der Waals surface area contributed by atoms with E-state index in [9.17, 15) is 4.79 Å². The minimum absolute atomic E-state index is 0. The van der Waals surface area contributed by atoms with Gasteiger partial charge < -0.3 is 20.1 Å². The largest absolute Gasteiger partial charge is 0.481 e. The molecule has 2 N–H and O–H groups in total. The highest BCUT2D eigenvalue weighted by Gasteiger charge is 2.33. The molecule has 158 valence electrons. The predicted molar refractivity (Wildman–Crippen MR) is 119 cm³/mol. The minimum atomic E-state index is -0.552. The second-order valence-corrected chi connectivity index (χ2v) is 7.55. The molecule has 2 aromatic rings. The van der Waals surface area contributed by atoms with Crippen LogP contribution in [0, 0.1) is 5.41 Å². The Hall–Kier alpha value is -2.08. The molecule has 1 unspecified atom stereocenters. The van der Waals surface area contributed by atoms with Gasteiger partial charge in [-0.25, -0.2) is 0 Å². The number of hydrogen-bond donors (Lipinski definition) is 2. The molecule has 1 aliphatic rings. The first-order valence-corrected chi connectivity index (χ1v) is 9.91. The number of benzene rings is 2. The van der Waals surface area contributed by atoms with Gasteiger partial charge in [0.15, 0.2) is 6.10 Å². The number of hydrogen-bond acceptors (Lipinski definition) is 4. The lowest BCUT2D eigenvalue weighted by molar-refractivity contribution is -0.128. The molecule has 1 amide bonds. The summed E-state index contributed by atoms with van der Waals surface area (Å²) in [7, 11) is 1.72. The van der Waals surface area contributed by atoms with Gasteiger partial charge in [0.1, 0.15) is 5.75 Å². The maximum Gasteiger partial charge on any atom is 0.260 e. The Bertz CT molecular complexity index is 741. The topological polar surface area (TPSA) is 59.6 Å². The van der Waals surface area contributed by atoms with Crippen LogP contribution in [0.5, 0.6) is 5.75 Å². The van der Waals surface area contributed by atoms with Gasteiger partial charge in [-0.05, 0) is 56.1 Å². The Morgan fingerprint density at radius 2 is 1.69 bits per heavy atom. The standard InChI is InChI=1S/C23H30N2O3.ClH/c1-18(22(26)25-16-23(17-27-2)12-14-24-15-13-23)28-21-10-8-20(9-11-21)19-6-4-3-5-7-19;/h3-11,18,24H,12-17H2,1-2H3,(H,25,26);1H. The van der Waals surface area contributed by atoms with Crippen molar-refractivity contribution in [2.24, 2.45) is 5.41 Å². The van der Waals surface area contributed by atoms with Gasteiger partial charge in [-0.3, -0.25) is 4.79 Å². The van der Waals surface area contributed by atoms with Crippen molar-refractivity contribution in [2.75, 3.05) is 33.4 Å². The molecule has 0 aromatic heterocycles. The van der Waals surface area contributed by atoms with Crippen LogP contribution in [-0.4, -0.2) is 45.4 Å². The summed E-state index contributed by atoms with van der Waals surface area (Å²) in [4.78, 5) is 12.5. The monoisotopic (exact) mass is 418 g/mol. The average Bonchev–Trinajstić information content (AvgIpc) is 2.74. The normalized spacial score (nSPS) is 16.3. The summed E-state index contributed by atoms with van der Waals surface area (Å²) in [5.41, 5.74) is 2.29. The molecule has 1 atom stereocenters. The molecule has 3 rings (SSSR count). The van der Waals surface area contributed by atoms with E-state index in [0.717, 1.165) is 37.1 Å². The molecule has 0 radical (unpaired) electrons. The van der Waals surface area contributed by atoms with Gasteiger partial charge in [-0.2, -0.15) is 0 Å². The van der Waals surface area contributed by atoms with Gasteiger partial charge in [-0.15, -0.1) is 12.4 Å². The van der Waals surface area contributed by atoms with Crippen LogP contribution < -0.4 is 15.4 Å². The first kappa shape index (κ1) is 23.2. The average molecular weight is 419 g/mol. The summed E-state index contributed by atoms with van der Waals surface area (Å²) in [6.07, 6.45) is 1.44. The lowest BCUT2D eigenvalue weighted by Gasteiger charge is -2.37. The zero-order valence-corrected chi connectivity index (χ0v) is 18.0. The van der Waals surface area contributed by atoms with Gasteiger partial charge in [-0.1, -0.05) is 42.5 Å². The Morgan fingerprint density at radius 1 is 1.07 bits per heavy atom. The van der Waals surface area contributed by atoms with E-state index >= 15 is 0 Å². The molecule has 0 spiro atoms. The maximum atomic E-state index is 12.5. The highest BCUT2D eigenvalue weighted by Crippen LogP contribution is 2.28. The summed E-state index contributed by atoms with van der Waals surface area (Å²) < 4.78 is 11.3. The highest BCUT2D eigenvalue weighted by atomic mass is 35.5. The summed E-state index contributed by atoms with van der Waals surface area (Å²) in [6.45, 7) is 4.97. The van der Waals surface area contributed by atoms with Crippen LogP contribution in [-0.2, 0) is 9.53 Å². The second kappa shape index (κ2) is 11.2. The Balaban J connectivity index is 0.00000300. The first-order valence-electron chi connectivity index (χ1n) is 9.91. The van der Waals surface area contributed by atoms with E-state index in [0.29, 0.717) is 18.9 Å². The lowest BCUT2D eigenvalue weighted by Crippen LogP contribution is -2.49. The van der Waals surface area contributed by atoms with E-state index in [-0.39, 0.29) is 23.7 Å². The Kier molecular flexibility index (Phi) is 8.96. The van der Waals surface area contributed by atoms with E-state index in [4.69, 9.17) is 9.47 Å². The van der Waals surface area contributed by atoms with Crippen LogP contribution in [0.4, 0.5) is 0 Å². The zero-order valence-electron chi connectivity index (χ0n) is 17.1. The molecule has 1 fully saturated rings. The van der Waals surface area contributed by atoms with Crippen molar-refractivity contribution in [1.82, 2.24) is 10.6 Å². The number of halogens is 1. The fraction of sp³-hybridized carbons (Fsp3) is 0.435. The number of amides is 1. The van der Waals surface area contributed by atoms with Crippen molar-refractivity contribution in [3.63, 3.8) is 0 Å². The van der Waals surface area contributed by atoms with Gasteiger partial charge in [0, 0.05) is 19.1 Å². The van der Waals surface area contributed by atoms with E-state index < -0.39 is 6.10 Å². The molecular formula is C23H31ClN2O3. The van der Waals surface area contributed by atoms with Crippen molar-refractivity contribution in [3.8, 4) is 16.9 Å². The van der Waals surface area contributed by atoms with E-state index in [1.54, 1.807) is 14.0 Å². The Morgan fingerprint density at radius 3 is 2.31 bits per heavy atom. The number of rotatable bonds is 8. The first-order chi connectivity index (χ1) is 13.6. The van der Waals surface area contributed by atoms with Gasteiger partial charge in [0.05, 0.1) is 6.61 Å². The molecule has 0 aliphatic carbocycles. The summed E-state index contributed by atoms with van der Waals surface area (Å²) in [6, 6.07) is 18.0. The van der Waals surface area contributed by atoms with Crippen LogP contribution in [0.25, 0.3) is 11.1 Å². The quantitative estimate of drug-likeness (QED) is 0.686. The van der Waals surface area contributed by atoms with E-state index in [2.05, 4.69) is 22.8 Å². The maximum absolute atomic E-state index is 12.5. The van der Waals surface area contributed by atoms with Crippen molar-refractivity contribution in [2.45, 2.75) is 25.9 Å². The molecule has 1 aliphatic heterocycles. The van der Waals surface area contributed by atoms with Crippen LogP contribution in [0.1, 0.15) is 19.8 Å². The van der Waals surface area contributed by atoms with Gasteiger partial charge >= 0.3 is 0 Å². The third-order valence-electron chi connectivity index (χ3n) is 5.40. The van der Waals surface area contributed by atoms with Crippen molar-refractivity contribution in [3.05, 3.63) is 54.6 Å². The number of carbonyl (C=O) groups is 1. The van der Waals surface area contributed by atoms with Gasteiger partial charge in [0.25, 0.3) is 5.91 Å². The number of methoxy groups -OCH3 is 1. The lowest BCUT2D eigenvalue weighted by atomic mass is 9.79. The zero-order chi connectivity index (χ0) is 19.8. The SMILES string of the molecule is COCC1(CNC(=O)C(C)Oc2ccc(-c3ccccc3)cc2)CCNCC1.Cl. The van der Waals surface area contributed by atoms with Crippen molar-refractivity contribution >= 4 is 18.3 Å². The summed E-state index contributed by atoms with van der Waals surface area (Å²) in [5, 5.41) is 6.43. The fourth-order valence-electron chi connectivity index (χ4n) is 3.67. The molecule has 29 heavy (non-hydrogen) atoms. The van der Waals surface area contributed by atoms with Crippen LogP contribution in [0.2, 0.25) is 0 Å². The number of piperidine rings is 1. The molecule has 0 saturated carbocycles. The molecule has 6 heteroatoms.